The highest BCUT2D eigenvalue weighted by atomic mass is 16.4. The quantitative estimate of drug-likeness (QED) is 0.796. The third-order valence-corrected chi connectivity index (χ3v) is 2.66. The first-order chi connectivity index (χ1) is 7.06. The minimum atomic E-state index is 0.382. The molecule has 1 unspecified atom stereocenters. The Morgan fingerprint density at radius 3 is 2.53 bits per heavy atom. The Morgan fingerprint density at radius 1 is 1.33 bits per heavy atom. The summed E-state index contributed by atoms with van der Waals surface area (Å²) >= 11 is 0. The molecule has 0 saturated heterocycles. The second-order valence-electron chi connectivity index (χ2n) is 4.10. The van der Waals surface area contributed by atoms with Crippen LogP contribution in [-0.4, -0.2) is 30.3 Å². The van der Waals surface area contributed by atoms with E-state index in [2.05, 4.69) is 36.3 Å². The molecule has 0 fully saturated rings. The van der Waals surface area contributed by atoms with Crippen LogP contribution in [0.3, 0.4) is 0 Å². The number of nitrogens with zero attached hydrogens (tertiary/aromatic N) is 3. The second kappa shape index (κ2) is 5.11. The van der Waals surface area contributed by atoms with E-state index in [1.165, 1.54) is 0 Å². The van der Waals surface area contributed by atoms with Crippen LogP contribution < -0.4 is 10.2 Å². The van der Waals surface area contributed by atoms with Gasteiger partial charge in [-0.3, -0.25) is 0 Å². The lowest BCUT2D eigenvalue weighted by atomic mass is 10.1. The van der Waals surface area contributed by atoms with Crippen LogP contribution in [0.2, 0.25) is 0 Å². The Kier molecular flexibility index (Phi) is 4.08. The first-order valence-electron chi connectivity index (χ1n) is 5.26. The molecule has 1 aromatic heterocycles. The van der Waals surface area contributed by atoms with Crippen molar-refractivity contribution in [1.82, 2.24) is 15.5 Å². The van der Waals surface area contributed by atoms with Gasteiger partial charge in [0.05, 0.1) is 6.54 Å². The van der Waals surface area contributed by atoms with Crippen molar-refractivity contribution in [1.29, 1.82) is 0 Å². The zero-order valence-corrected chi connectivity index (χ0v) is 10.1. The molecule has 5 heteroatoms. The van der Waals surface area contributed by atoms with Crippen LogP contribution in [0.1, 0.15) is 26.7 Å². The van der Waals surface area contributed by atoms with E-state index in [0.29, 0.717) is 30.4 Å². The van der Waals surface area contributed by atoms with Crippen molar-refractivity contribution < 1.29 is 4.42 Å². The minimum Gasteiger partial charge on any atom is -0.407 e. The third kappa shape index (κ3) is 2.92. The van der Waals surface area contributed by atoms with Crippen LogP contribution in [-0.2, 0) is 6.54 Å². The van der Waals surface area contributed by atoms with E-state index in [4.69, 9.17) is 4.42 Å². The second-order valence-corrected chi connectivity index (χ2v) is 4.10. The van der Waals surface area contributed by atoms with Crippen molar-refractivity contribution in [2.24, 2.45) is 5.92 Å². The van der Waals surface area contributed by atoms with Crippen molar-refractivity contribution in [3.63, 3.8) is 0 Å². The number of aromatic nitrogens is 2. The van der Waals surface area contributed by atoms with Crippen molar-refractivity contribution in [3.8, 4) is 0 Å². The van der Waals surface area contributed by atoms with Gasteiger partial charge in [-0.25, -0.2) is 0 Å². The lowest BCUT2D eigenvalue weighted by Crippen LogP contribution is -2.33. The van der Waals surface area contributed by atoms with E-state index in [0.717, 1.165) is 0 Å². The Bertz CT molecular complexity index is 297. The van der Waals surface area contributed by atoms with Gasteiger partial charge in [-0.2, -0.15) is 0 Å². The van der Waals surface area contributed by atoms with Crippen LogP contribution in [0.5, 0.6) is 0 Å². The van der Waals surface area contributed by atoms with Crippen molar-refractivity contribution >= 4 is 6.01 Å². The largest absolute Gasteiger partial charge is 0.407 e. The molecule has 15 heavy (non-hydrogen) atoms. The summed E-state index contributed by atoms with van der Waals surface area (Å²) in [7, 11) is 3.83. The summed E-state index contributed by atoms with van der Waals surface area (Å²) < 4.78 is 5.50. The molecule has 1 aromatic rings. The number of hydrogen-bond acceptors (Lipinski definition) is 5. The van der Waals surface area contributed by atoms with Gasteiger partial charge in [-0.05, 0) is 19.9 Å². The maximum atomic E-state index is 5.50. The lowest BCUT2D eigenvalue weighted by Gasteiger charge is -2.25. The van der Waals surface area contributed by atoms with Gasteiger partial charge in [0.15, 0.2) is 0 Å². The van der Waals surface area contributed by atoms with Gasteiger partial charge in [0.25, 0.3) is 0 Å². The maximum Gasteiger partial charge on any atom is 0.318 e. The molecule has 1 N–H and O–H groups in total. The predicted molar refractivity (Wildman–Crippen MR) is 59.8 cm³/mol. The van der Waals surface area contributed by atoms with Crippen LogP contribution in [0.15, 0.2) is 4.42 Å². The van der Waals surface area contributed by atoms with Gasteiger partial charge in [0.2, 0.25) is 5.89 Å². The molecular formula is C10H20N4O. The number of hydrogen-bond donors (Lipinski definition) is 1. The fourth-order valence-electron chi connectivity index (χ4n) is 1.23. The molecule has 0 aromatic carbocycles. The van der Waals surface area contributed by atoms with E-state index in [9.17, 15) is 0 Å². The van der Waals surface area contributed by atoms with Gasteiger partial charge in [-0.1, -0.05) is 18.9 Å². The van der Waals surface area contributed by atoms with Crippen molar-refractivity contribution in [2.75, 3.05) is 19.0 Å². The summed E-state index contributed by atoms with van der Waals surface area (Å²) in [5.41, 5.74) is 0. The summed E-state index contributed by atoms with van der Waals surface area (Å²) in [5.74, 6) is 1.17. The molecule has 0 spiro atoms. The molecule has 1 atom stereocenters. The molecule has 1 heterocycles. The Hall–Kier alpha value is -1.10. The third-order valence-electron chi connectivity index (χ3n) is 2.66. The number of nitrogens with one attached hydrogen (secondary N) is 1. The summed E-state index contributed by atoms with van der Waals surface area (Å²) in [6, 6.07) is 0.967. The van der Waals surface area contributed by atoms with Crippen LogP contribution in [0.4, 0.5) is 6.01 Å². The molecule has 0 bridgehead atoms. The van der Waals surface area contributed by atoms with Gasteiger partial charge in [0.1, 0.15) is 0 Å². The molecule has 0 aliphatic rings. The van der Waals surface area contributed by atoms with E-state index in [1.807, 2.05) is 19.0 Å². The van der Waals surface area contributed by atoms with E-state index < -0.39 is 0 Å². The van der Waals surface area contributed by atoms with Crippen molar-refractivity contribution in [2.45, 2.75) is 33.4 Å². The molecule has 0 radical (unpaired) electrons. The van der Waals surface area contributed by atoms with Gasteiger partial charge in [-0.15, -0.1) is 5.10 Å². The average molecular weight is 212 g/mol. The topological polar surface area (TPSA) is 54.2 Å². The summed E-state index contributed by atoms with van der Waals surface area (Å²) in [5, 5.41) is 10.9. The highest BCUT2D eigenvalue weighted by Gasteiger charge is 2.18. The smallest absolute Gasteiger partial charge is 0.318 e. The van der Waals surface area contributed by atoms with E-state index in [1.54, 1.807) is 0 Å². The number of rotatable bonds is 5. The predicted octanol–water partition coefficient (Wildman–Crippen LogP) is 1.27. The molecule has 1 rings (SSSR count). The van der Waals surface area contributed by atoms with E-state index in [-0.39, 0.29) is 0 Å². The standard InChI is InChI=1S/C10H20N4O/c1-7(2)8(3)14(5)10-13-12-9(15-10)6-11-4/h7-8,11H,6H2,1-5H3. The van der Waals surface area contributed by atoms with Crippen LogP contribution in [0, 0.1) is 5.92 Å². The molecule has 0 aliphatic carbocycles. The molecule has 0 aliphatic heterocycles. The zero-order valence-electron chi connectivity index (χ0n) is 10.1. The Labute approximate surface area is 90.9 Å². The van der Waals surface area contributed by atoms with Crippen molar-refractivity contribution in [3.05, 3.63) is 5.89 Å². The zero-order chi connectivity index (χ0) is 11.4. The summed E-state index contributed by atoms with van der Waals surface area (Å²) in [6.45, 7) is 7.10. The number of anilines is 1. The fraction of sp³-hybridized carbons (Fsp3) is 0.800. The van der Waals surface area contributed by atoms with Gasteiger partial charge in [0, 0.05) is 13.1 Å². The molecule has 5 nitrogen and oxygen atoms in total. The lowest BCUT2D eigenvalue weighted by molar-refractivity contribution is 0.434. The summed E-state index contributed by atoms with van der Waals surface area (Å²) in [6.07, 6.45) is 0. The Morgan fingerprint density at radius 2 is 2.00 bits per heavy atom. The normalized spacial score (nSPS) is 13.2. The van der Waals surface area contributed by atoms with Crippen LogP contribution >= 0.6 is 0 Å². The molecule has 0 amide bonds. The molecule has 86 valence electrons. The van der Waals surface area contributed by atoms with Crippen LogP contribution in [0.25, 0.3) is 0 Å². The molecular weight excluding hydrogens is 192 g/mol. The monoisotopic (exact) mass is 212 g/mol. The average Bonchev–Trinajstić information content (AvgIpc) is 2.64. The maximum absolute atomic E-state index is 5.50. The first-order valence-corrected chi connectivity index (χ1v) is 5.26. The minimum absolute atomic E-state index is 0.382. The SMILES string of the molecule is CNCc1nnc(N(C)C(C)C(C)C)o1. The highest BCUT2D eigenvalue weighted by molar-refractivity contribution is 5.24. The van der Waals surface area contributed by atoms with Gasteiger partial charge >= 0.3 is 6.01 Å². The molecule has 0 saturated carbocycles. The first kappa shape index (κ1) is 12.0. The van der Waals surface area contributed by atoms with E-state index >= 15 is 0 Å². The Balaban J connectivity index is 2.69. The highest BCUT2D eigenvalue weighted by Crippen LogP contribution is 2.17. The fourth-order valence-corrected chi connectivity index (χ4v) is 1.23. The van der Waals surface area contributed by atoms with Gasteiger partial charge < -0.3 is 14.6 Å². The summed E-state index contributed by atoms with van der Waals surface area (Å²) in [4.78, 5) is 2.01.